The van der Waals surface area contributed by atoms with Crippen molar-refractivity contribution >= 4 is 24.2 Å². The first kappa shape index (κ1) is 17.2. The van der Waals surface area contributed by atoms with Gasteiger partial charge in [-0.2, -0.15) is 0 Å². The lowest BCUT2D eigenvalue weighted by atomic mass is 10.2. The summed E-state index contributed by atoms with van der Waals surface area (Å²) in [4.78, 5) is 28.1. The largest absolute Gasteiger partial charge is 0.341 e. The number of halogens is 1. The number of rotatable bonds is 2. The van der Waals surface area contributed by atoms with Gasteiger partial charge in [-0.05, 0) is 25.8 Å². The van der Waals surface area contributed by atoms with E-state index in [-0.39, 0.29) is 36.2 Å². The number of nitrogens with zero attached hydrogens (tertiary/aromatic N) is 2. The fraction of sp³-hybridized carbons (Fsp3) is 0.857. The van der Waals surface area contributed by atoms with Crippen LogP contribution < -0.4 is 5.32 Å². The van der Waals surface area contributed by atoms with E-state index in [1.807, 2.05) is 23.6 Å². The van der Waals surface area contributed by atoms with E-state index in [4.69, 9.17) is 0 Å². The molecule has 0 aromatic rings. The molecule has 1 N–H and O–H groups in total. The van der Waals surface area contributed by atoms with Crippen LogP contribution in [-0.4, -0.2) is 60.4 Å². The molecule has 0 aromatic heterocycles. The van der Waals surface area contributed by atoms with Crippen LogP contribution in [0.5, 0.6) is 0 Å². The van der Waals surface area contributed by atoms with Crippen molar-refractivity contribution in [3.05, 3.63) is 0 Å². The quantitative estimate of drug-likeness (QED) is 0.824. The Hall–Kier alpha value is -0.810. The monoisotopic (exact) mass is 303 g/mol. The molecule has 116 valence electrons. The van der Waals surface area contributed by atoms with Crippen molar-refractivity contribution in [1.29, 1.82) is 0 Å². The van der Waals surface area contributed by atoms with Gasteiger partial charge in [0.2, 0.25) is 11.8 Å². The molecule has 0 aliphatic carbocycles. The Morgan fingerprint density at radius 1 is 1.05 bits per heavy atom. The molecule has 2 rings (SSSR count). The average molecular weight is 304 g/mol. The molecule has 2 saturated heterocycles. The third kappa shape index (κ3) is 4.09. The molecule has 2 fully saturated rings. The Morgan fingerprint density at radius 3 is 2.30 bits per heavy atom. The summed E-state index contributed by atoms with van der Waals surface area (Å²) in [5.41, 5.74) is 0. The Kier molecular flexibility index (Phi) is 6.76. The van der Waals surface area contributed by atoms with Gasteiger partial charge in [-0.3, -0.25) is 9.59 Å². The highest BCUT2D eigenvalue weighted by atomic mass is 35.5. The maximum absolute atomic E-state index is 12.3. The van der Waals surface area contributed by atoms with E-state index in [9.17, 15) is 9.59 Å². The Balaban J connectivity index is 0.00000200. The topological polar surface area (TPSA) is 52.7 Å². The van der Waals surface area contributed by atoms with Crippen LogP contribution >= 0.6 is 12.4 Å². The van der Waals surface area contributed by atoms with E-state index in [1.165, 1.54) is 0 Å². The van der Waals surface area contributed by atoms with Crippen LogP contribution in [0.25, 0.3) is 0 Å². The molecular formula is C14H26ClN3O2. The maximum atomic E-state index is 12.3. The summed E-state index contributed by atoms with van der Waals surface area (Å²) in [5, 5.41) is 3.25. The SMILES string of the molecule is CC(C)C(=O)N1CCCN(C(=O)C2CCCN2)CC1.Cl. The van der Waals surface area contributed by atoms with Gasteiger partial charge in [0.1, 0.15) is 0 Å². The highest BCUT2D eigenvalue weighted by Gasteiger charge is 2.29. The van der Waals surface area contributed by atoms with Gasteiger partial charge in [-0.1, -0.05) is 13.8 Å². The second-order valence-electron chi connectivity index (χ2n) is 5.81. The number of amides is 2. The molecule has 20 heavy (non-hydrogen) atoms. The van der Waals surface area contributed by atoms with Gasteiger partial charge in [0.05, 0.1) is 6.04 Å². The Morgan fingerprint density at radius 2 is 1.70 bits per heavy atom. The van der Waals surface area contributed by atoms with Crippen molar-refractivity contribution in [2.75, 3.05) is 32.7 Å². The standard InChI is InChI=1S/C14H25N3O2.ClH/c1-11(2)13(18)16-7-4-8-17(10-9-16)14(19)12-5-3-6-15-12;/h11-12,15H,3-10H2,1-2H3;1H. The average Bonchev–Trinajstić information content (AvgIpc) is 2.81. The number of carbonyl (C=O) groups excluding carboxylic acids is 2. The molecule has 2 heterocycles. The number of hydrogen-bond acceptors (Lipinski definition) is 3. The van der Waals surface area contributed by atoms with Gasteiger partial charge < -0.3 is 15.1 Å². The normalized spacial score (nSPS) is 23.4. The first-order chi connectivity index (χ1) is 9.09. The van der Waals surface area contributed by atoms with Crippen LogP contribution in [0.4, 0.5) is 0 Å². The fourth-order valence-corrected chi connectivity index (χ4v) is 2.84. The molecule has 1 atom stereocenters. The van der Waals surface area contributed by atoms with E-state index < -0.39 is 0 Å². The van der Waals surface area contributed by atoms with Crippen LogP contribution in [-0.2, 0) is 9.59 Å². The van der Waals surface area contributed by atoms with Crippen molar-refractivity contribution < 1.29 is 9.59 Å². The minimum absolute atomic E-state index is 0. The smallest absolute Gasteiger partial charge is 0.239 e. The van der Waals surface area contributed by atoms with Crippen molar-refractivity contribution in [3.63, 3.8) is 0 Å². The van der Waals surface area contributed by atoms with Crippen LogP contribution in [0.3, 0.4) is 0 Å². The summed E-state index contributed by atoms with van der Waals surface area (Å²) in [6.45, 7) is 7.71. The first-order valence-electron chi connectivity index (χ1n) is 7.40. The summed E-state index contributed by atoms with van der Waals surface area (Å²) >= 11 is 0. The molecule has 5 nitrogen and oxygen atoms in total. The zero-order valence-corrected chi connectivity index (χ0v) is 13.2. The molecule has 0 saturated carbocycles. The minimum atomic E-state index is 0. The summed E-state index contributed by atoms with van der Waals surface area (Å²) in [7, 11) is 0. The lowest BCUT2D eigenvalue weighted by Gasteiger charge is -2.25. The Labute approximate surface area is 127 Å². The molecule has 2 aliphatic heterocycles. The highest BCUT2D eigenvalue weighted by molar-refractivity contribution is 5.85. The molecule has 2 amide bonds. The van der Waals surface area contributed by atoms with E-state index in [1.54, 1.807) is 0 Å². The van der Waals surface area contributed by atoms with Crippen molar-refractivity contribution in [3.8, 4) is 0 Å². The number of carbonyl (C=O) groups is 2. The lowest BCUT2D eigenvalue weighted by Crippen LogP contribution is -2.45. The zero-order chi connectivity index (χ0) is 13.8. The van der Waals surface area contributed by atoms with Gasteiger partial charge in [-0.15, -0.1) is 12.4 Å². The zero-order valence-electron chi connectivity index (χ0n) is 12.4. The predicted molar refractivity (Wildman–Crippen MR) is 80.9 cm³/mol. The first-order valence-corrected chi connectivity index (χ1v) is 7.40. The van der Waals surface area contributed by atoms with Gasteiger partial charge in [0.25, 0.3) is 0 Å². The van der Waals surface area contributed by atoms with Gasteiger partial charge >= 0.3 is 0 Å². The van der Waals surface area contributed by atoms with Gasteiger partial charge in [-0.25, -0.2) is 0 Å². The summed E-state index contributed by atoms with van der Waals surface area (Å²) < 4.78 is 0. The van der Waals surface area contributed by atoms with Crippen LogP contribution in [0.15, 0.2) is 0 Å². The molecule has 0 aromatic carbocycles. The van der Waals surface area contributed by atoms with Crippen molar-refractivity contribution in [2.45, 2.75) is 39.2 Å². The lowest BCUT2D eigenvalue weighted by molar-refractivity contribution is -0.136. The van der Waals surface area contributed by atoms with Crippen LogP contribution in [0.2, 0.25) is 0 Å². The highest BCUT2D eigenvalue weighted by Crippen LogP contribution is 2.12. The molecule has 6 heteroatoms. The van der Waals surface area contributed by atoms with Gasteiger partial charge in [0, 0.05) is 32.1 Å². The molecule has 0 spiro atoms. The second kappa shape index (κ2) is 7.84. The van der Waals surface area contributed by atoms with E-state index in [0.717, 1.165) is 38.9 Å². The van der Waals surface area contributed by atoms with Crippen LogP contribution in [0.1, 0.15) is 33.1 Å². The predicted octanol–water partition coefficient (Wildman–Crippen LogP) is 0.877. The van der Waals surface area contributed by atoms with Crippen LogP contribution in [0, 0.1) is 5.92 Å². The fourth-order valence-electron chi connectivity index (χ4n) is 2.84. The molecule has 0 radical (unpaired) electrons. The number of nitrogens with one attached hydrogen (secondary N) is 1. The maximum Gasteiger partial charge on any atom is 0.239 e. The van der Waals surface area contributed by atoms with Gasteiger partial charge in [0.15, 0.2) is 0 Å². The summed E-state index contributed by atoms with van der Waals surface area (Å²) in [5.74, 6) is 0.461. The van der Waals surface area contributed by atoms with E-state index in [2.05, 4.69) is 5.32 Å². The Bertz CT molecular complexity index is 343. The van der Waals surface area contributed by atoms with E-state index in [0.29, 0.717) is 13.1 Å². The second-order valence-corrected chi connectivity index (χ2v) is 5.81. The van der Waals surface area contributed by atoms with E-state index >= 15 is 0 Å². The molecule has 0 bridgehead atoms. The van der Waals surface area contributed by atoms with Crippen molar-refractivity contribution in [1.82, 2.24) is 15.1 Å². The molecule has 2 aliphatic rings. The summed E-state index contributed by atoms with van der Waals surface area (Å²) in [6.07, 6.45) is 2.92. The summed E-state index contributed by atoms with van der Waals surface area (Å²) in [6, 6.07) is 0.00681. The third-order valence-electron chi connectivity index (χ3n) is 3.97. The molecule has 1 unspecified atom stereocenters. The van der Waals surface area contributed by atoms with Crippen molar-refractivity contribution in [2.24, 2.45) is 5.92 Å². The minimum Gasteiger partial charge on any atom is -0.341 e. The number of hydrogen-bond donors (Lipinski definition) is 1. The molecular weight excluding hydrogens is 278 g/mol. The third-order valence-corrected chi connectivity index (χ3v) is 3.97.